The number of benzene rings is 1. The maximum atomic E-state index is 13.3. The van der Waals surface area contributed by atoms with Gasteiger partial charge in [0.25, 0.3) is 0 Å². The Hall–Kier alpha value is -1.27. The minimum atomic E-state index is -4.41. The predicted octanol–water partition coefficient (Wildman–Crippen LogP) is 5.15. The van der Waals surface area contributed by atoms with Crippen LogP contribution in [0, 0.1) is 0 Å². The highest BCUT2D eigenvalue weighted by atomic mass is 79.9. The normalized spacial score (nSPS) is 13.4. The highest BCUT2D eigenvalue weighted by Gasteiger charge is 2.35. The van der Waals surface area contributed by atoms with Crippen LogP contribution in [0.3, 0.4) is 0 Å². The molecule has 1 aromatic carbocycles. The summed E-state index contributed by atoms with van der Waals surface area (Å²) in [5.74, 6) is 0. The van der Waals surface area contributed by atoms with E-state index in [0.29, 0.717) is 16.6 Å². The van der Waals surface area contributed by atoms with Gasteiger partial charge in [-0.25, -0.2) is 0 Å². The molecule has 0 radical (unpaired) electrons. The van der Waals surface area contributed by atoms with E-state index in [0.717, 1.165) is 12.5 Å². The molecule has 0 aliphatic rings. The van der Waals surface area contributed by atoms with Gasteiger partial charge in [-0.2, -0.15) is 13.2 Å². The van der Waals surface area contributed by atoms with E-state index >= 15 is 0 Å². The summed E-state index contributed by atoms with van der Waals surface area (Å²) in [6, 6.07) is 5.35. The fourth-order valence-corrected chi connectivity index (χ4v) is 2.52. The van der Waals surface area contributed by atoms with Crippen molar-refractivity contribution in [3.05, 3.63) is 58.0 Å². The third-order valence-electron chi connectivity index (χ3n) is 3.11. The van der Waals surface area contributed by atoms with Gasteiger partial charge in [0.05, 0.1) is 24.1 Å². The fourth-order valence-electron chi connectivity index (χ4n) is 2.16. The lowest BCUT2D eigenvalue weighted by atomic mass is 9.95. The van der Waals surface area contributed by atoms with Gasteiger partial charge >= 0.3 is 6.18 Å². The molecule has 2 aromatic rings. The van der Waals surface area contributed by atoms with E-state index in [9.17, 15) is 13.2 Å². The smallest absolute Gasteiger partial charge is 0.416 e. The van der Waals surface area contributed by atoms with Crippen molar-refractivity contribution in [3.8, 4) is 0 Å². The van der Waals surface area contributed by atoms with Crippen molar-refractivity contribution < 1.29 is 17.6 Å². The molecule has 21 heavy (non-hydrogen) atoms. The van der Waals surface area contributed by atoms with E-state index in [4.69, 9.17) is 4.42 Å². The molecule has 1 heterocycles. The second-order valence-electron chi connectivity index (χ2n) is 4.67. The number of nitrogens with one attached hydrogen (secondary N) is 1. The van der Waals surface area contributed by atoms with Crippen molar-refractivity contribution in [3.63, 3.8) is 0 Å². The van der Waals surface area contributed by atoms with Crippen LogP contribution in [-0.2, 0) is 6.18 Å². The molecule has 1 N–H and O–H groups in total. The second-order valence-corrected chi connectivity index (χ2v) is 5.59. The van der Waals surface area contributed by atoms with Crippen LogP contribution in [0.5, 0.6) is 0 Å². The summed E-state index contributed by atoms with van der Waals surface area (Å²) in [6.07, 6.45) is -0.654. The third-order valence-corrected chi connectivity index (χ3v) is 3.60. The standard InChI is InChI=1S/C15H15BrF3NO/c1-2-6-20-14(10-5-7-21-9-10)12-4-3-11(16)8-13(12)15(17,18)19/h3-5,7-9,14,20H,2,6H2,1H3. The first kappa shape index (κ1) is 16.1. The Labute approximate surface area is 129 Å². The third kappa shape index (κ3) is 3.89. The van der Waals surface area contributed by atoms with E-state index in [1.165, 1.54) is 18.6 Å². The summed E-state index contributed by atoms with van der Waals surface area (Å²) >= 11 is 3.10. The van der Waals surface area contributed by atoms with Crippen molar-refractivity contribution >= 4 is 15.9 Å². The van der Waals surface area contributed by atoms with Crippen LogP contribution in [0.15, 0.2) is 45.7 Å². The molecule has 0 aliphatic heterocycles. The van der Waals surface area contributed by atoms with Crippen molar-refractivity contribution in [1.29, 1.82) is 0 Å². The van der Waals surface area contributed by atoms with Gasteiger partial charge in [0.15, 0.2) is 0 Å². The molecule has 0 saturated heterocycles. The van der Waals surface area contributed by atoms with Gasteiger partial charge < -0.3 is 9.73 Å². The summed E-state index contributed by atoms with van der Waals surface area (Å²) in [7, 11) is 0. The quantitative estimate of drug-likeness (QED) is 0.796. The lowest BCUT2D eigenvalue weighted by Gasteiger charge is -2.22. The highest BCUT2D eigenvalue weighted by molar-refractivity contribution is 9.10. The zero-order chi connectivity index (χ0) is 15.5. The molecule has 0 spiro atoms. The number of halogens is 4. The maximum Gasteiger partial charge on any atom is 0.416 e. The molecule has 2 nitrogen and oxygen atoms in total. The average Bonchev–Trinajstić information content (AvgIpc) is 2.93. The highest BCUT2D eigenvalue weighted by Crippen LogP contribution is 2.38. The van der Waals surface area contributed by atoms with Crippen LogP contribution in [-0.4, -0.2) is 6.54 Å². The minimum absolute atomic E-state index is 0.195. The molecular weight excluding hydrogens is 347 g/mol. The van der Waals surface area contributed by atoms with Gasteiger partial charge in [-0.15, -0.1) is 0 Å². The van der Waals surface area contributed by atoms with Crippen molar-refractivity contribution in [2.24, 2.45) is 0 Å². The molecular formula is C15H15BrF3NO. The first-order chi connectivity index (χ1) is 9.93. The van der Waals surface area contributed by atoms with Crippen molar-refractivity contribution in [2.45, 2.75) is 25.6 Å². The summed E-state index contributed by atoms with van der Waals surface area (Å²) in [4.78, 5) is 0. The maximum absolute atomic E-state index is 13.3. The zero-order valence-electron chi connectivity index (χ0n) is 11.4. The van der Waals surface area contributed by atoms with E-state index in [1.54, 1.807) is 12.1 Å². The molecule has 2 rings (SSSR count). The lowest BCUT2D eigenvalue weighted by Crippen LogP contribution is -2.25. The Kier molecular flexibility index (Phi) is 5.11. The molecule has 1 unspecified atom stereocenters. The van der Waals surface area contributed by atoms with Gasteiger partial charge in [0, 0.05) is 10.0 Å². The van der Waals surface area contributed by atoms with E-state index in [-0.39, 0.29) is 5.56 Å². The van der Waals surface area contributed by atoms with E-state index in [1.807, 2.05) is 6.92 Å². The molecule has 0 fully saturated rings. The van der Waals surface area contributed by atoms with Gasteiger partial charge in [0.2, 0.25) is 0 Å². The van der Waals surface area contributed by atoms with Crippen LogP contribution < -0.4 is 5.32 Å². The Morgan fingerprint density at radius 2 is 2.05 bits per heavy atom. The Morgan fingerprint density at radius 1 is 1.29 bits per heavy atom. The Morgan fingerprint density at radius 3 is 2.62 bits per heavy atom. The topological polar surface area (TPSA) is 25.2 Å². The Bertz CT molecular complexity index is 581. The Balaban J connectivity index is 2.49. The average molecular weight is 362 g/mol. The summed E-state index contributed by atoms with van der Waals surface area (Å²) in [5.41, 5.74) is 0.225. The van der Waals surface area contributed by atoms with Crippen LogP contribution in [0.25, 0.3) is 0 Å². The molecule has 0 saturated carbocycles. The van der Waals surface area contributed by atoms with Crippen LogP contribution in [0.2, 0.25) is 0 Å². The number of alkyl halides is 3. The first-order valence-corrected chi connectivity index (χ1v) is 7.35. The molecule has 114 valence electrons. The van der Waals surface area contributed by atoms with Crippen LogP contribution in [0.1, 0.15) is 36.1 Å². The number of hydrogen-bond acceptors (Lipinski definition) is 2. The minimum Gasteiger partial charge on any atom is -0.472 e. The van der Waals surface area contributed by atoms with Gasteiger partial charge in [-0.3, -0.25) is 0 Å². The molecule has 0 bridgehead atoms. The van der Waals surface area contributed by atoms with Gasteiger partial charge in [0.1, 0.15) is 0 Å². The largest absolute Gasteiger partial charge is 0.472 e. The van der Waals surface area contributed by atoms with Crippen molar-refractivity contribution in [1.82, 2.24) is 5.32 Å². The van der Waals surface area contributed by atoms with Crippen LogP contribution in [0.4, 0.5) is 13.2 Å². The van der Waals surface area contributed by atoms with Gasteiger partial charge in [-0.1, -0.05) is 28.9 Å². The fraction of sp³-hybridized carbons (Fsp3) is 0.333. The summed E-state index contributed by atoms with van der Waals surface area (Å²) < 4.78 is 45.3. The van der Waals surface area contributed by atoms with Crippen molar-refractivity contribution in [2.75, 3.05) is 6.54 Å². The number of furan rings is 1. The summed E-state index contributed by atoms with van der Waals surface area (Å²) in [6.45, 7) is 2.58. The van der Waals surface area contributed by atoms with Crippen LogP contribution >= 0.6 is 15.9 Å². The molecule has 1 atom stereocenters. The monoisotopic (exact) mass is 361 g/mol. The van der Waals surface area contributed by atoms with Gasteiger partial charge in [-0.05, 0) is 36.7 Å². The number of rotatable bonds is 5. The van der Waals surface area contributed by atoms with E-state index in [2.05, 4.69) is 21.2 Å². The number of hydrogen-bond donors (Lipinski definition) is 1. The first-order valence-electron chi connectivity index (χ1n) is 6.55. The SMILES string of the molecule is CCCNC(c1ccoc1)c1ccc(Br)cc1C(F)(F)F. The molecule has 6 heteroatoms. The lowest BCUT2D eigenvalue weighted by molar-refractivity contribution is -0.138. The van der Waals surface area contributed by atoms with E-state index < -0.39 is 17.8 Å². The molecule has 0 amide bonds. The zero-order valence-corrected chi connectivity index (χ0v) is 13.0. The summed E-state index contributed by atoms with van der Waals surface area (Å²) in [5, 5.41) is 3.14. The predicted molar refractivity (Wildman–Crippen MR) is 78.0 cm³/mol. The second kappa shape index (κ2) is 6.66. The molecule has 1 aromatic heterocycles. The molecule has 0 aliphatic carbocycles.